The van der Waals surface area contributed by atoms with Gasteiger partial charge in [0.1, 0.15) is 13.2 Å². The Balaban J connectivity index is 4.41. The predicted octanol–water partition coefficient (Wildman–Crippen LogP) is 16.6. The molecule has 1 atom stereocenters. The Hall–Kier alpha value is -3.67. The van der Waals surface area contributed by atoms with E-state index in [1.807, 2.05) is 0 Å². The van der Waals surface area contributed by atoms with Gasteiger partial charge in [-0.15, -0.1) is 0 Å². The molecule has 6 heteroatoms. The summed E-state index contributed by atoms with van der Waals surface area (Å²) < 4.78 is 16.7. The van der Waals surface area contributed by atoms with Gasteiger partial charge in [0.15, 0.2) is 6.10 Å². The van der Waals surface area contributed by atoms with Crippen molar-refractivity contribution in [2.24, 2.45) is 0 Å². The van der Waals surface area contributed by atoms with Gasteiger partial charge in [-0.3, -0.25) is 14.4 Å². The quantitative estimate of drug-likeness (QED) is 0.0263. The van der Waals surface area contributed by atoms with Crippen molar-refractivity contribution in [3.8, 4) is 0 Å². The van der Waals surface area contributed by atoms with Crippen LogP contribution in [-0.2, 0) is 28.6 Å². The van der Waals surface area contributed by atoms with Gasteiger partial charge in [0.05, 0.1) is 0 Å². The van der Waals surface area contributed by atoms with Crippen molar-refractivity contribution >= 4 is 17.9 Å². The lowest BCUT2D eigenvalue weighted by molar-refractivity contribution is -0.167. The van der Waals surface area contributed by atoms with Gasteiger partial charge in [0.25, 0.3) is 0 Å². The van der Waals surface area contributed by atoms with Crippen LogP contribution in [0.1, 0.15) is 220 Å². The van der Waals surface area contributed by atoms with Crippen LogP contribution in [0.4, 0.5) is 0 Å². The number of ether oxygens (including phenoxy) is 3. The molecule has 352 valence electrons. The molecule has 0 amide bonds. The summed E-state index contributed by atoms with van der Waals surface area (Å²) in [7, 11) is 0. The van der Waals surface area contributed by atoms with E-state index in [0.717, 1.165) is 103 Å². The molecule has 0 saturated carbocycles. The second kappa shape index (κ2) is 50.0. The van der Waals surface area contributed by atoms with Crippen LogP contribution in [0, 0.1) is 0 Å². The van der Waals surface area contributed by atoms with Crippen molar-refractivity contribution in [3.05, 3.63) is 97.2 Å². The number of carbonyl (C=O) groups is 3. The Labute approximate surface area is 381 Å². The first-order valence-electron chi connectivity index (χ1n) is 25.2. The van der Waals surface area contributed by atoms with Gasteiger partial charge >= 0.3 is 17.9 Å². The fourth-order valence-corrected chi connectivity index (χ4v) is 6.54. The van der Waals surface area contributed by atoms with Crippen LogP contribution in [0.15, 0.2) is 97.2 Å². The van der Waals surface area contributed by atoms with E-state index in [0.29, 0.717) is 19.3 Å². The smallest absolute Gasteiger partial charge is 0.306 e. The molecule has 1 unspecified atom stereocenters. The lowest BCUT2D eigenvalue weighted by atomic mass is 10.1. The third kappa shape index (κ3) is 47.4. The van der Waals surface area contributed by atoms with Crippen LogP contribution in [0.3, 0.4) is 0 Å². The molecule has 0 N–H and O–H groups in total. The molecule has 0 rings (SSSR count). The van der Waals surface area contributed by atoms with E-state index in [1.165, 1.54) is 70.6 Å². The maximum Gasteiger partial charge on any atom is 0.306 e. The van der Waals surface area contributed by atoms with Gasteiger partial charge in [-0.2, -0.15) is 0 Å². The highest BCUT2D eigenvalue weighted by Crippen LogP contribution is 2.13. The van der Waals surface area contributed by atoms with Gasteiger partial charge in [-0.05, 0) is 96.3 Å². The Kier molecular flexibility index (Phi) is 47.0. The first-order chi connectivity index (χ1) is 30.5. The zero-order chi connectivity index (χ0) is 45.1. The highest BCUT2D eigenvalue weighted by atomic mass is 16.6. The van der Waals surface area contributed by atoms with E-state index in [4.69, 9.17) is 14.2 Å². The zero-order valence-corrected chi connectivity index (χ0v) is 40.1. The summed E-state index contributed by atoms with van der Waals surface area (Å²) in [5.74, 6) is -0.978. The van der Waals surface area contributed by atoms with Crippen molar-refractivity contribution in [2.45, 2.75) is 226 Å². The molecule has 0 bridgehead atoms. The summed E-state index contributed by atoms with van der Waals surface area (Å²) in [6.45, 7) is 6.41. The van der Waals surface area contributed by atoms with Crippen LogP contribution in [-0.4, -0.2) is 37.2 Å². The molecule has 0 aliphatic carbocycles. The number of hydrogen-bond acceptors (Lipinski definition) is 6. The molecule has 6 nitrogen and oxygen atoms in total. The van der Waals surface area contributed by atoms with E-state index in [1.54, 1.807) is 0 Å². The predicted molar refractivity (Wildman–Crippen MR) is 265 cm³/mol. The molecular formula is C56H92O6. The molecule has 0 aromatic rings. The zero-order valence-electron chi connectivity index (χ0n) is 40.1. The Bertz CT molecular complexity index is 1260. The summed E-state index contributed by atoms with van der Waals surface area (Å²) in [4.78, 5) is 37.8. The summed E-state index contributed by atoms with van der Waals surface area (Å²) >= 11 is 0. The van der Waals surface area contributed by atoms with E-state index in [-0.39, 0.29) is 37.5 Å². The van der Waals surface area contributed by atoms with E-state index < -0.39 is 6.10 Å². The largest absolute Gasteiger partial charge is 0.462 e. The number of rotatable bonds is 44. The van der Waals surface area contributed by atoms with Gasteiger partial charge < -0.3 is 14.2 Å². The van der Waals surface area contributed by atoms with Gasteiger partial charge in [-0.25, -0.2) is 0 Å². The normalized spacial score (nSPS) is 12.9. The number of allylic oxidation sites excluding steroid dienone is 16. The maximum absolute atomic E-state index is 12.7. The molecule has 0 saturated heterocycles. The third-order valence-corrected chi connectivity index (χ3v) is 10.3. The number of unbranched alkanes of at least 4 members (excludes halogenated alkanes) is 17. The SMILES string of the molecule is CC/C=C\C/C=C\C/C=C\C/C=C\C/C=C\C/C=C\C/C=C\CCCC(=O)OCC(COC(=O)CCCCCCCCCCC)OC(=O)CCCCCCC/C=C\CCCCC. The Morgan fingerprint density at radius 2 is 0.645 bits per heavy atom. The summed E-state index contributed by atoms with van der Waals surface area (Å²) in [6, 6.07) is 0. The second-order valence-electron chi connectivity index (χ2n) is 16.3. The molecule has 0 aliphatic rings. The van der Waals surface area contributed by atoms with Crippen LogP contribution >= 0.6 is 0 Å². The van der Waals surface area contributed by atoms with Crippen molar-refractivity contribution in [3.63, 3.8) is 0 Å². The van der Waals surface area contributed by atoms with Crippen molar-refractivity contribution in [2.75, 3.05) is 13.2 Å². The summed E-state index contributed by atoms with van der Waals surface area (Å²) in [5, 5.41) is 0. The van der Waals surface area contributed by atoms with E-state index >= 15 is 0 Å². The average Bonchev–Trinajstić information content (AvgIpc) is 3.27. The monoisotopic (exact) mass is 861 g/mol. The van der Waals surface area contributed by atoms with Crippen molar-refractivity contribution in [1.29, 1.82) is 0 Å². The average molecular weight is 861 g/mol. The molecule has 0 radical (unpaired) electrons. The van der Waals surface area contributed by atoms with Crippen LogP contribution < -0.4 is 0 Å². The summed E-state index contributed by atoms with van der Waals surface area (Å²) in [6.07, 6.45) is 65.4. The van der Waals surface area contributed by atoms with Gasteiger partial charge in [0, 0.05) is 19.3 Å². The van der Waals surface area contributed by atoms with Crippen molar-refractivity contribution < 1.29 is 28.6 Å². The fraction of sp³-hybridized carbons (Fsp3) is 0.661. The van der Waals surface area contributed by atoms with Crippen molar-refractivity contribution in [1.82, 2.24) is 0 Å². The minimum atomic E-state index is -0.802. The fourth-order valence-electron chi connectivity index (χ4n) is 6.54. The number of hydrogen-bond donors (Lipinski definition) is 0. The second-order valence-corrected chi connectivity index (χ2v) is 16.3. The Morgan fingerprint density at radius 3 is 1.10 bits per heavy atom. The molecule has 0 aromatic heterocycles. The lowest BCUT2D eigenvalue weighted by Gasteiger charge is -2.18. The number of carbonyl (C=O) groups excluding carboxylic acids is 3. The number of esters is 3. The lowest BCUT2D eigenvalue weighted by Crippen LogP contribution is -2.30. The molecule has 0 aliphatic heterocycles. The first-order valence-corrected chi connectivity index (χ1v) is 25.2. The highest BCUT2D eigenvalue weighted by molar-refractivity contribution is 5.71. The minimum Gasteiger partial charge on any atom is -0.462 e. The molecule has 0 heterocycles. The maximum atomic E-state index is 12.7. The Morgan fingerprint density at radius 1 is 0.339 bits per heavy atom. The standard InChI is InChI=1S/C56H92O6/c1-4-7-10-13-16-19-21-23-24-25-26-27-28-29-30-31-32-33-35-37-40-43-46-49-55(58)61-52-53(51-60-54(57)48-45-42-39-36-18-15-12-9-6-3)62-56(59)50-47-44-41-38-34-22-20-17-14-11-8-5-2/h7,10,16-17,19-20,23-24,26-27,29-30,32-33,37,40,53H,4-6,8-9,11-15,18,21-22,25,28,31,34-36,38-39,41-52H2,1-3H3/b10-7-,19-16-,20-17-,24-23-,27-26-,30-29-,33-32-,40-37-. The van der Waals surface area contributed by atoms with Crippen LogP contribution in [0.5, 0.6) is 0 Å². The molecule has 62 heavy (non-hydrogen) atoms. The molecular weight excluding hydrogens is 769 g/mol. The highest BCUT2D eigenvalue weighted by Gasteiger charge is 2.19. The van der Waals surface area contributed by atoms with Gasteiger partial charge in [-0.1, -0.05) is 201 Å². The first kappa shape index (κ1) is 58.3. The van der Waals surface area contributed by atoms with E-state index in [2.05, 4.69) is 118 Å². The molecule has 0 fully saturated rings. The molecule has 0 spiro atoms. The topological polar surface area (TPSA) is 78.9 Å². The third-order valence-electron chi connectivity index (χ3n) is 10.3. The molecule has 0 aromatic carbocycles. The minimum absolute atomic E-state index is 0.0986. The van der Waals surface area contributed by atoms with E-state index in [9.17, 15) is 14.4 Å². The summed E-state index contributed by atoms with van der Waals surface area (Å²) in [5.41, 5.74) is 0. The van der Waals surface area contributed by atoms with Crippen LogP contribution in [0.2, 0.25) is 0 Å². The van der Waals surface area contributed by atoms with Crippen LogP contribution in [0.25, 0.3) is 0 Å². The van der Waals surface area contributed by atoms with Gasteiger partial charge in [0.2, 0.25) is 0 Å².